The predicted molar refractivity (Wildman–Crippen MR) is 72.6 cm³/mol. The average molecular weight is 282 g/mol. The summed E-state index contributed by atoms with van der Waals surface area (Å²) in [5, 5.41) is 12.8. The van der Waals surface area contributed by atoms with Crippen molar-refractivity contribution in [2.45, 2.75) is 30.3 Å². The smallest absolute Gasteiger partial charge is 0.243 e. The number of aliphatic hydroxyl groups is 1. The molecule has 0 saturated carbocycles. The van der Waals surface area contributed by atoms with Crippen LogP contribution in [0.25, 0.3) is 0 Å². The molecular weight excluding hydrogens is 264 g/mol. The summed E-state index contributed by atoms with van der Waals surface area (Å²) >= 11 is 0. The van der Waals surface area contributed by atoms with Gasteiger partial charge in [-0.05, 0) is 37.0 Å². The highest BCUT2D eigenvalue weighted by Gasteiger charge is 2.30. The third kappa shape index (κ3) is 2.35. The molecule has 2 aliphatic heterocycles. The third-order valence-electron chi connectivity index (χ3n) is 3.79. The predicted octanol–water partition coefficient (Wildman–Crippen LogP) is 0.800. The van der Waals surface area contributed by atoms with Crippen molar-refractivity contribution in [1.82, 2.24) is 4.31 Å². The summed E-state index contributed by atoms with van der Waals surface area (Å²) in [4.78, 5) is 0.315. The molecule has 0 spiro atoms. The number of sulfonamides is 1. The molecule has 0 amide bonds. The highest BCUT2D eigenvalue weighted by atomic mass is 32.2. The van der Waals surface area contributed by atoms with E-state index in [4.69, 9.17) is 0 Å². The molecule has 6 heteroatoms. The van der Waals surface area contributed by atoms with Crippen molar-refractivity contribution in [3.63, 3.8) is 0 Å². The molecule has 2 N–H and O–H groups in total. The minimum Gasteiger partial charge on any atom is -0.392 e. The van der Waals surface area contributed by atoms with Crippen molar-refractivity contribution < 1.29 is 13.5 Å². The first-order chi connectivity index (χ1) is 9.07. The number of fused-ring (bicyclic) bond motifs is 1. The Morgan fingerprint density at radius 2 is 2.21 bits per heavy atom. The van der Waals surface area contributed by atoms with E-state index < -0.39 is 16.1 Å². The monoisotopic (exact) mass is 282 g/mol. The summed E-state index contributed by atoms with van der Waals surface area (Å²) < 4.78 is 26.4. The van der Waals surface area contributed by atoms with E-state index >= 15 is 0 Å². The van der Waals surface area contributed by atoms with Crippen molar-refractivity contribution in [3.05, 3.63) is 23.8 Å². The topological polar surface area (TPSA) is 69.6 Å². The lowest BCUT2D eigenvalue weighted by Crippen LogP contribution is -2.42. The Kier molecular flexibility index (Phi) is 3.24. The number of nitrogens with zero attached hydrogens (tertiary/aromatic N) is 1. The number of rotatable bonds is 2. The molecule has 3 rings (SSSR count). The average Bonchev–Trinajstić information content (AvgIpc) is 2.85. The number of hydrogen-bond acceptors (Lipinski definition) is 4. The van der Waals surface area contributed by atoms with Gasteiger partial charge in [0.05, 0.1) is 11.0 Å². The summed E-state index contributed by atoms with van der Waals surface area (Å²) in [6.07, 6.45) is 1.79. The van der Waals surface area contributed by atoms with Gasteiger partial charge in [0.1, 0.15) is 0 Å². The van der Waals surface area contributed by atoms with Crippen LogP contribution in [0.2, 0.25) is 0 Å². The summed E-state index contributed by atoms with van der Waals surface area (Å²) in [7, 11) is -3.48. The number of β-amino-alcohol motifs (C(OH)–C–C–N with tert-alkyl or cyclic N) is 1. The third-order valence-corrected chi connectivity index (χ3v) is 5.65. The molecule has 2 heterocycles. The minimum absolute atomic E-state index is 0.201. The number of piperidine rings is 1. The zero-order chi connectivity index (χ0) is 13.5. The van der Waals surface area contributed by atoms with Gasteiger partial charge in [-0.25, -0.2) is 8.42 Å². The maximum absolute atomic E-state index is 12.5. The van der Waals surface area contributed by atoms with E-state index in [0.717, 1.165) is 24.2 Å². The first-order valence-corrected chi connectivity index (χ1v) is 8.06. The van der Waals surface area contributed by atoms with Crippen molar-refractivity contribution in [2.24, 2.45) is 0 Å². The standard InChI is InChI=1S/C13H18N2O3S/c16-11-2-1-7-15(9-11)19(17,18)12-4-3-10-5-6-14-13(10)8-12/h3-4,8,11,14,16H,1-2,5-7,9H2. The Labute approximate surface area is 113 Å². The zero-order valence-corrected chi connectivity index (χ0v) is 11.5. The second-order valence-corrected chi connectivity index (χ2v) is 7.09. The summed E-state index contributed by atoms with van der Waals surface area (Å²) in [5.41, 5.74) is 2.08. The van der Waals surface area contributed by atoms with E-state index in [1.54, 1.807) is 12.1 Å². The Morgan fingerprint density at radius 3 is 3.00 bits per heavy atom. The van der Waals surface area contributed by atoms with E-state index in [1.807, 2.05) is 6.07 Å². The zero-order valence-electron chi connectivity index (χ0n) is 10.7. The molecule has 0 aliphatic carbocycles. The minimum atomic E-state index is -3.48. The maximum atomic E-state index is 12.5. The molecule has 2 aliphatic rings. The van der Waals surface area contributed by atoms with Gasteiger partial charge in [-0.1, -0.05) is 6.07 Å². The molecule has 1 aromatic carbocycles. The molecule has 5 nitrogen and oxygen atoms in total. The van der Waals surface area contributed by atoms with Gasteiger partial charge in [-0.15, -0.1) is 0 Å². The highest BCUT2D eigenvalue weighted by molar-refractivity contribution is 7.89. The lowest BCUT2D eigenvalue weighted by molar-refractivity contribution is 0.108. The van der Waals surface area contributed by atoms with Crippen LogP contribution in [0.5, 0.6) is 0 Å². The molecule has 1 aromatic rings. The van der Waals surface area contributed by atoms with Gasteiger partial charge < -0.3 is 10.4 Å². The Bertz CT molecular complexity index is 586. The number of nitrogens with one attached hydrogen (secondary N) is 1. The van der Waals surface area contributed by atoms with Gasteiger partial charge in [0.25, 0.3) is 0 Å². The van der Waals surface area contributed by atoms with Crippen LogP contribution >= 0.6 is 0 Å². The van der Waals surface area contributed by atoms with E-state index in [0.29, 0.717) is 24.3 Å². The largest absolute Gasteiger partial charge is 0.392 e. The second kappa shape index (κ2) is 4.77. The lowest BCUT2D eigenvalue weighted by atomic mass is 10.1. The van der Waals surface area contributed by atoms with E-state index in [9.17, 15) is 13.5 Å². The fraction of sp³-hybridized carbons (Fsp3) is 0.538. The van der Waals surface area contributed by atoms with E-state index in [1.165, 1.54) is 4.31 Å². The second-order valence-electron chi connectivity index (χ2n) is 5.15. The summed E-state index contributed by atoms with van der Waals surface area (Å²) in [5.74, 6) is 0. The van der Waals surface area contributed by atoms with Crippen LogP contribution in [0.3, 0.4) is 0 Å². The summed E-state index contributed by atoms with van der Waals surface area (Å²) in [6, 6.07) is 5.25. The Hall–Kier alpha value is -1.11. The molecule has 1 fully saturated rings. The van der Waals surface area contributed by atoms with Crippen molar-refractivity contribution in [2.75, 3.05) is 25.0 Å². The molecule has 1 unspecified atom stereocenters. The number of benzene rings is 1. The van der Waals surface area contributed by atoms with Gasteiger partial charge in [-0.3, -0.25) is 0 Å². The normalized spacial score (nSPS) is 23.9. The lowest BCUT2D eigenvalue weighted by Gasteiger charge is -2.29. The first kappa shape index (κ1) is 12.9. The van der Waals surface area contributed by atoms with Crippen molar-refractivity contribution >= 4 is 15.7 Å². The van der Waals surface area contributed by atoms with Crippen LogP contribution in [0.1, 0.15) is 18.4 Å². The summed E-state index contributed by atoms with van der Waals surface area (Å²) in [6.45, 7) is 1.55. The van der Waals surface area contributed by atoms with Crippen LogP contribution in [0, 0.1) is 0 Å². The quantitative estimate of drug-likeness (QED) is 0.842. The van der Waals surface area contributed by atoms with E-state index in [-0.39, 0.29) is 6.54 Å². The molecule has 104 valence electrons. The number of hydrogen-bond donors (Lipinski definition) is 2. The van der Waals surface area contributed by atoms with Crippen molar-refractivity contribution in [3.8, 4) is 0 Å². The van der Waals surface area contributed by atoms with Crippen molar-refractivity contribution in [1.29, 1.82) is 0 Å². The molecular formula is C13H18N2O3S. The molecule has 1 saturated heterocycles. The fourth-order valence-corrected chi connectivity index (χ4v) is 4.26. The van der Waals surface area contributed by atoms with Crippen LogP contribution in [0.4, 0.5) is 5.69 Å². The molecule has 0 bridgehead atoms. The fourth-order valence-electron chi connectivity index (χ4n) is 2.72. The van der Waals surface area contributed by atoms with E-state index in [2.05, 4.69) is 5.32 Å². The van der Waals surface area contributed by atoms with Crippen LogP contribution in [-0.2, 0) is 16.4 Å². The number of anilines is 1. The molecule has 0 aromatic heterocycles. The first-order valence-electron chi connectivity index (χ1n) is 6.62. The van der Waals surface area contributed by atoms with Gasteiger partial charge in [-0.2, -0.15) is 4.31 Å². The van der Waals surface area contributed by atoms with Crippen LogP contribution < -0.4 is 5.32 Å². The van der Waals surface area contributed by atoms with Gasteiger partial charge in [0, 0.05) is 25.3 Å². The maximum Gasteiger partial charge on any atom is 0.243 e. The van der Waals surface area contributed by atoms with Gasteiger partial charge >= 0.3 is 0 Å². The number of aliphatic hydroxyl groups excluding tert-OH is 1. The SMILES string of the molecule is O=S(=O)(c1ccc2c(c1)NCC2)N1CCCC(O)C1. The highest BCUT2D eigenvalue weighted by Crippen LogP contribution is 2.28. The van der Waals surface area contributed by atoms with Gasteiger partial charge in [0.15, 0.2) is 0 Å². The molecule has 19 heavy (non-hydrogen) atoms. The Balaban J connectivity index is 1.91. The molecule has 1 atom stereocenters. The molecule has 0 radical (unpaired) electrons. The van der Waals surface area contributed by atoms with Crippen LogP contribution in [-0.4, -0.2) is 43.6 Å². The van der Waals surface area contributed by atoms with Gasteiger partial charge in [0.2, 0.25) is 10.0 Å². The van der Waals surface area contributed by atoms with Crippen LogP contribution in [0.15, 0.2) is 23.1 Å². The Morgan fingerprint density at radius 1 is 1.37 bits per heavy atom.